The van der Waals surface area contributed by atoms with Crippen molar-refractivity contribution in [3.05, 3.63) is 23.8 Å². The van der Waals surface area contributed by atoms with Crippen LogP contribution in [-0.2, 0) is 0 Å². The Morgan fingerprint density at radius 3 is 2.24 bits per heavy atom. The molecule has 0 heterocycles. The Balaban J connectivity index is 3.29. The van der Waals surface area contributed by atoms with Gasteiger partial charge in [0.25, 0.3) is 0 Å². The van der Waals surface area contributed by atoms with E-state index in [0.717, 1.165) is 0 Å². The maximum Gasteiger partial charge on any atom is 0.408 e. The van der Waals surface area contributed by atoms with Gasteiger partial charge in [-0.15, -0.1) is 0 Å². The van der Waals surface area contributed by atoms with Crippen molar-refractivity contribution in [2.75, 3.05) is 21.3 Å². The van der Waals surface area contributed by atoms with Crippen LogP contribution in [-0.4, -0.2) is 27.4 Å². The highest BCUT2D eigenvalue weighted by atomic mass is 19.4. The lowest BCUT2D eigenvalue weighted by molar-refractivity contribution is -0.156. The van der Waals surface area contributed by atoms with E-state index >= 15 is 0 Å². The van der Waals surface area contributed by atoms with E-state index in [1.807, 2.05) is 0 Å². The van der Waals surface area contributed by atoms with Crippen molar-refractivity contribution in [1.29, 1.82) is 0 Å². The largest absolute Gasteiger partial charge is 0.493 e. The quantitative estimate of drug-likeness (QED) is 0.889. The van der Waals surface area contributed by atoms with Crippen LogP contribution in [0.2, 0.25) is 0 Å². The molecule has 0 aliphatic carbocycles. The van der Waals surface area contributed by atoms with Crippen molar-refractivity contribution >= 4 is 0 Å². The molecule has 1 aromatic carbocycles. The molecule has 96 valence electrons. The van der Waals surface area contributed by atoms with Gasteiger partial charge in [0.05, 0.1) is 14.2 Å². The van der Waals surface area contributed by atoms with Crippen LogP contribution in [0.5, 0.6) is 11.5 Å². The van der Waals surface area contributed by atoms with Gasteiger partial charge in [-0.05, 0) is 13.1 Å². The average Bonchev–Trinajstić information content (AvgIpc) is 2.27. The summed E-state index contributed by atoms with van der Waals surface area (Å²) in [6, 6.07) is 2.61. The van der Waals surface area contributed by atoms with Crippen LogP contribution in [0, 0.1) is 0 Å². The van der Waals surface area contributed by atoms with Gasteiger partial charge in [0.15, 0.2) is 11.5 Å². The molecule has 0 amide bonds. The average molecular weight is 249 g/mol. The zero-order valence-electron chi connectivity index (χ0n) is 9.76. The number of hydrogen-bond acceptors (Lipinski definition) is 3. The van der Waals surface area contributed by atoms with Crippen molar-refractivity contribution in [3.8, 4) is 11.5 Å². The van der Waals surface area contributed by atoms with E-state index in [9.17, 15) is 13.2 Å². The summed E-state index contributed by atoms with van der Waals surface area (Å²) >= 11 is 0. The van der Waals surface area contributed by atoms with E-state index in [-0.39, 0.29) is 17.1 Å². The fourth-order valence-corrected chi connectivity index (χ4v) is 1.63. The SMILES string of the molecule is CNC(c1cccc(OC)c1OC)C(F)(F)F. The van der Waals surface area contributed by atoms with Crippen molar-refractivity contribution in [3.63, 3.8) is 0 Å². The molecule has 0 bridgehead atoms. The molecule has 6 heteroatoms. The van der Waals surface area contributed by atoms with Gasteiger partial charge in [0, 0.05) is 5.56 Å². The smallest absolute Gasteiger partial charge is 0.408 e. The first-order valence-corrected chi connectivity index (χ1v) is 4.90. The third kappa shape index (κ3) is 2.82. The highest BCUT2D eigenvalue weighted by Gasteiger charge is 2.41. The molecule has 3 nitrogen and oxygen atoms in total. The van der Waals surface area contributed by atoms with E-state index < -0.39 is 12.2 Å². The van der Waals surface area contributed by atoms with Crippen molar-refractivity contribution in [1.82, 2.24) is 5.32 Å². The third-order valence-electron chi connectivity index (χ3n) is 2.36. The van der Waals surface area contributed by atoms with Crippen LogP contribution in [0.3, 0.4) is 0 Å². The molecule has 1 rings (SSSR count). The highest BCUT2D eigenvalue weighted by molar-refractivity contribution is 5.48. The molecule has 17 heavy (non-hydrogen) atoms. The normalized spacial score (nSPS) is 13.3. The monoisotopic (exact) mass is 249 g/mol. The van der Waals surface area contributed by atoms with Gasteiger partial charge in [-0.3, -0.25) is 0 Å². The molecular weight excluding hydrogens is 235 g/mol. The first-order chi connectivity index (χ1) is 7.95. The number of benzene rings is 1. The van der Waals surface area contributed by atoms with Crippen molar-refractivity contribution in [2.45, 2.75) is 12.2 Å². The third-order valence-corrected chi connectivity index (χ3v) is 2.36. The number of methoxy groups -OCH3 is 2. The van der Waals surface area contributed by atoms with Crippen LogP contribution < -0.4 is 14.8 Å². The zero-order chi connectivity index (χ0) is 13.1. The summed E-state index contributed by atoms with van der Waals surface area (Å²) in [5.74, 6) is 0.362. The lowest BCUT2D eigenvalue weighted by atomic mass is 10.0. The van der Waals surface area contributed by atoms with Gasteiger partial charge in [0.2, 0.25) is 0 Å². The number of ether oxygens (including phenoxy) is 2. The molecule has 0 aliphatic rings. The Morgan fingerprint density at radius 1 is 1.18 bits per heavy atom. The molecule has 0 saturated carbocycles. The van der Waals surface area contributed by atoms with E-state index in [2.05, 4.69) is 5.32 Å². The lowest BCUT2D eigenvalue weighted by Gasteiger charge is -2.22. The molecule has 0 spiro atoms. The van der Waals surface area contributed by atoms with E-state index in [4.69, 9.17) is 9.47 Å². The van der Waals surface area contributed by atoms with Crippen molar-refractivity contribution < 1.29 is 22.6 Å². The predicted octanol–water partition coefficient (Wildman–Crippen LogP) is 2.53. The molecule has 1 aromatic rings. The maximum absolute atomic E-state index is 12.8. The maximum atomic E-state index is 12.8. The lowest BCUT2D eigenvalue weighted by Crippen LogP contribution is -2.32. The molecule has 1 atom stereocenters. The van der Waals surface area contributed by atoms with Crippen molar-refractivity contribution in [2.24, 2.45) is 0 Å². The summed E-state index contributed by atoms with van der Waals surface area (Å²) in [6.07, 6.45) is -4.39. The summed E-state index contributed by atoms with van der Waals surface area (Å²) in [6.45, 7) is 0. The van der Waals surface area contributed by atoms with E-state index in [1.54, 1.807) is 6.07 Å². The minimum atomic E-state index is -4.39. The molecule has 0 radical (unpaired) electrons. The van der Waals surface area contributed by atoms with Gasteiger partial charge in [-0.1, -0.05) is 12.1 Å². The summed E-state index contributed by atoms with van der Waals surface area (Å²) < 4.78 is 48.3. The molecule has 0 saturated heterocycles. The van der Waals surface area contributed by atoms with Gasteiger partial charge < -0.3 is 14.8 Å². The number of alkyl halides is 3. The van der Waals surface area contributed by atoms with Gasteiger partial charge in [-0.2, -0.15) is 13.2 Å². The zero-order valence-corrected chi connectivity index (χ0v) is 9.76. The summed E-state index contributed by atoms with van der Waals surface area (Å²) in [5.41, 5.74) is 0.00171. The Kier molecular flexibility index (Phi) is 4.22. The van der Waals surface area contributed by atoms with Crippen LogP contribution >= 0.6 is 0 Å². The van der Waals surface area contributed by atoms with E-state index in [0.29, 0.717) is 0 Å². The number of rotatable bonds is 4. The number of hydrogen-bond donors (Lipinski definition) is 1. The Hall–Kier alpha value is -1.43. The van der Waals surface area contributed by atoms with E-state index in [1.165, 1.54) is 33.4 Å². The topological polar surface area (TPSA) is 30.5 Å². The molecule has 1 unspecified atom stereocenters. The Bertz CT molecular complexity index is 379. The minimum absolute atomic E-state index is 0.00171. The van der Waals surface area contributed by atoms with Crippen LogP contribution in [0.15, 0.2) is 18.2 Å². The number of halogens is 3. The van der Waals surface area contributed by atoms with Crippen LogP contribution in [0.25, 0.3) is 0 Å². The summed E-state index contributed by atoms with van der Waals surface area (Å²) in [7, 11) is 3.94. The summed E-state index contributed by atoms with van der Waals surface area (Å²) in [4.78, 5) is 0. The molecule has 0 aliphatic heterocycles. The molecular formula is C11H14F3NO2. The van der Waals surface area contributed by atoms with Crippen LogP contribution in [0.4, 0.5) is 13.2 Å². The second kappa shape index (κ2) is 5.27. The van der Waals surface area contributed by atoms with Gasteiger partial charge >= 0.3 is 6.18 Å². The highest BCUT2D eigenvalue weighted by Crippen LogP contribution is 2.40. The minimum Gasteiger partial charge on any atom is -0.493 e. The first kappa shape index (κ1) is 13.6. The fourth-order valence-electron chi connectivity index (χ4n) is 1.63. The predicted molar refractivity (Wildman–Crippen MR) is 57.4 cm³/mol. The standard InChI is InChI=1S/C11H14F3NO2/c1-15-10(11(12,13)14)7-5-4-6-8(16-2)9(7)17-3/h4-6,10,15H,1-3H3. The molecule has 0 fully saturated rings. The second-order valence-electron chi connectivity index (χ2n) is 3.35. The van der Waals surface area contributed by atoms with Crippen LogP contribution in [0.1, 0.15) is 11.6 Å². The van der Waals surface area contributed by atoms with Gasteiger partial charge in [0.1, 0.15) is 6.04 Å². The molecule has 0 aromatic heterocycles. The Labute approximate surface area is 97.5 Å². The second-order valence-corrected chi connectivity index (χ2v) is 3.35. The van der Waals surface area contributed by atoms with Gasteiger partial charge in [-0.25, -0.2) is 0 Å². The number of para-hydroxylation sites is 1. The Morgan fingerprint density at radius 2 is 1.82 bits per heavy atom. The summed E-state index contributed by atoms with van der Waals surface area (Å²) in [5, 5.41) is 2.22. The first-order valence-electron chi connectivity index (χ1n) is 4.90. The number of nitrogens with one attached hydrogen (secondary N) is 1. The fraction of sp³-hybridized carbons (Fsp3) is 0.455. The molecule has 1 N–H and O–H groups in total.